The van der Waals surface area contributed by atoms with E-state index in [0.29, 0.717) is 18.4 Å². The van der Waals surface area contributed by atoms with E-state index >= 15 is 0 Å². The van der Waals surface area contributed by atoms with Gasteiger partial charge in [0.05, 0.1) is 6.42 Å². The molecule has 0 bridgehead atoms. The maximum atomic E-state index is 12.7. The average Bonchev–Trinajstić information content (AvgIpc) is 3.16. The van der Waals surface area contributed by atoms with Gasteiger partial charge < -0.3 is 4.90 Å². The van der Waals surface area contributed by atoms with E-state index in [2.05, 4.69) is 31.9 Å². The number of likely N-dealkylation sites (tertiary alicyclic amines) is 2. The van der Waals surface area contributed by atoms with Crippen LogP contribution in [0.4, 0.5) is 0 Å². The zero-order chi connectivity index (χ0) is 16.4. The summed E-state index contributed by atoms with van der Waals surface area (Å²) in [5, 5.41) is 0. The third-order valence-electron chi connectivity index (χ3n) is 5.16. The smallest absolute Gasteiger partial charge is 0.228 e. The first-order valence-electron chi connectivity index (χ1n) is 8.60. The molecule has 0 spiro atoms. The number of carbonyl (C=O) groups is 1. The van der Waals surface area contributed by atoms with Crippen LogP contribution >= 0.6 is 0 Å². The SMILES string of the molecule is O=C(Cc1ccccn1)N1CCC2CN(Cc3ccncc3)CC21. The van der Waals surface area contributed by atoms with Gasteiger partial charge in [0.15, 0.2) is 0 Å². The highest BCUT2D eigenvalue weighted by Gasteiger charge is 2.42. The molecule has 2 unspecified atom stereocenters. The molecule has 4 rings (SSSR count). The van der Waals surface area contributed by atoms with Crippen molar-refractivity contribution in [2.24, 2.45) is 5.92 Å². The molecule has 124 valence electrons. The molecule has 0 aliphatic carbocycles. The Labute approximate surface area is 142 Å². The molecule has 0 radical (unpaired) electrons. The van der Waals surface area contributed by atoms with Gasteiger partial charge in [0.25, 0.3) is 0 Å². The van der Waals surface area contributed by atoms with Crippen molar-refractivity contribution in [3.63, 3.8) is 0 Å². The van der Waals surface area contributed by atoms with E-state index in [9.17, 15) is 4.79 Å². The highest BCUT2D eigenvalue weighted by molar-refractivity contribution is 5.79. The van der Waals surface area contributed by atoms with Crippen molar-refractivity contribution in [2.45, 2.75) is 25.4 Å². The van der Waals surface area contributed by atoms with Crippen LogP contribution in [0.25, 0.3) is 0 Å². The van der Waals surface area contributed by atoms with Gasteiger partial charge in [-0.25, -0.2) is 0 Å². The first-order chi connectivity index (χ1) is 11.8. The van der Waals surface area contributed by atoms with Gasteiger partial charge in [0.1, 0.15) is 0 Å². The summed E-state index contributed by atoms with van der Waals surface area (Å²) in [6.07, 6.45) is 6.96. The highest BCUT2D eigenvalue weighted by Crippen LogP contribution is 2.32. The lowest BCUT2D eigenvalue weighted by atomic mass is 10.1. The van der Waals surface area contributed by atoms with E-state index in [1.165, 1.54) is 5.56 Å². The second kappa shape index (κ2) is 6.69. The lowest BCUT2D eigenvalue weighted by molar-refractivity contribution is -0.131. The molecule has 2 saturated heterocycles. The summed E-state index contributed by atoms with van der Waals surface area (Å²) in [4.78, 5) is 25.6. The third-order valence-corrected chi connectivity index (χ3v) is 5.16. The molecule has 5 heteroatoms. The van der Waals surface area contributed by atoms with Gasteiger partial charge in [-0.15, -0.1) is 0 Å². The molecular weight excluding hydrogens is 300 g/mol. The van der Waals surface area contributed by atoms with E-state index in [-0.39, 0.29) is 5.91 Å². The van der Waals surface area contributed by atoms with Crippen LogP contribution in [0.1, 0.15) is 17.7 Å². The molecule has 4 heterocycles. The monoisotopic (exact) mass is 322 g/mol. The van der Waals surface area contributed by atoms with Crippen LogP contribution in [0.3, 0.4) is 0 Å². The zero-order valence-electron chi connectivity index (χ0n) is 13.7. The van der Waals surface area contributed by atoms with Crippen molar-refractivity contribution >= 4 is 5.91 Å². The van der Waals surface area contributed by atoms with Gasteiger partial charge in [-0.05, 0) is 42.2 Å². The van der Waals surface area contributed by atoms with Crippen LogP contribution in [0.2, 0.25) is 0 Å². The van der Waals surface area contributed by atoms with Crippen LogP contribution in [-0.2, 0) is 17.8 Å². The molecule has 0 aromatic carbocycles. The van der Waals surface area contributed by atoms with Crippen molar-refractivity contribution in [3.05, 3.63) is 60.2 Å². The molecular formula is C19H22N4O. The van der Waals surface area contributed by atoms with Gasteiger partial charge in [-0.3, -0.25) is 19.7 Å². The average molecular weight is 322 g/mol. The van der Waals surface area contributed by atoms with Gasteiger partial charge in [0, 0.05) is 56.5 Å². The van der Waals surface area contributed by atoms with Gasteiger partial charge >= 0.3 is 0 Å². The number of hydrogen-bond acceptors (Lipinski definition) is 4. The van der Waals surface area contributed by atoms with Crippen molar-refractivity contribution in [1.29, 1.82) is 0 Å². The Balaban J connectivity index is 1.38. The Morgan fingerprint density at radius 2 is 2.00 bits per heavy atom. The fourth-order valence-electron chi connectivity index (χ4n) is 3.99. The molecule has 2 aliphatic rings. The van der Waals surface area contributed by atoms with Crippen LogP contribution < -0.4 is 0 Å². The van der Waals surface area contributed by atoms with E-state index in [4.69, 9.17) is 0 Å². The van der Waals surface area contributed by atoms with Crippen LogP contribution in [0.5, 0.6) is 0 Å². The summed E-state index contributed by atoms with van der Waals surface area (Å²) in [6.45, 7) is 3.89. The van der Waals surface area contributed by atoms with Crippen molar-refractivity contribution < 1.29 is 4.79 Å². The summed E-state index contributed by atoms with van der Waals surface area (Å²) < 4.78 is 0. The Hall–Kier alpha value is -2.27. The summed E-state index contributed by atoms with van der Waals surface area (Å²) in [5.41, 5.74) is 2.15. The van der Waals surface area contributed by atoms with Gasteiger partial charge in [-0.1, -0.05) is 6.07 Å². The summed E-state index contributed by atoms with van der Waals surface area (Å²) in [7, 11) is 0. The Bertz CT molecular complexity index is 691. The molecule has 0 N–H and O–H groups in total. The number of rotatable bonds is 4. The largest absolute Gasteiger partial charge is 0.338 e. The van der Waals surface area contributed by atoms with Crippen LogP contribution in [-0.4, -0.2) is 51.4 Å². The van der Waals surface area contributed by atoms with Crippen LogP contribution in [0, 0.1) is 5.92 Å². The number of hydrogen-bond donors (Lipinski definition) is 0. The fourth-order valence-corrected chi connectivity index (χ4v) is 3.99. The fraction of sp³-hybridized carbons (Fsp3) is 0.421. The lowest BCUT2D eigenvalue weighted by Gasteiger charge is -2.25. The molecule has 5 nitrogen and oxygen atoms in total. The molecule has 2 atom stereocenters. The first-order valence-corrected chi connectivity index (χ1v) is 8.60. The van der Waals surface area contributed by atoms with Gasteiger partial charge in [-0.2, -0.15) is 0 Å². The van der Waals surface area contributed by atoms with E-state index in [1.54, 1.807) is 6.20 Å². The Morgan fingerprint density at radius 3 is 2.79 bits per heavy atom. The van der Waals surface area contributed by atoms with E-state index in [0.717, 1.165) is 38.3 Å². The Morgan fingerprint density at radius 1 is 1.12 bits per heavy atom. The number of pyridine rings is 2. The second-order valence-corrected chi connectivity index (χ2v) is 6.75. The predicted molar refractivity (Wildman–Crippen MR) is 91.1 cm³/mol. The quantitative estimate of drug-likeness (QED) is 0.860. The van der Waals surface area contributed by atoms with Crippen molar-refractivity contribution in [3.8, 4) is 0 Å². The molecule has 2 aromatic heterocycles. The molecule has 0 saturated carbocycles. The van der Waals surface area contributed by atoms with Crippen molar-refractivity contribution in [2.75, 3.05) is 19.6 Å². The third kappa shape index (κ3) is 3.17. The van der Waals surface area contributed by atoms with E-state index in [1.807, 2.05) is 30.6 Å². The summed E-state index contributed by atoms with van der Waals surface area (Å²) in [5.74, 6) is 0.825. The molecule has 2 fully saturated rings. The number of aromatic nitrogens is 2. The predicted octanol–water partition coefficient (Wildman–Crippen LogP) is 1.75. The molecule has 1 amide bonds. The minimum Gasteiger partial charge on any atom is -0.338 e. The maximum absolute atomic E-state index is 12.7. The van der Waals surface area contributed by atoms with Gasteiger partial charge in [0.2, 0.25) is 5.91 Å². The summed E-state index contributed by atoms with van der Waals surface area (Å²) in [6, 6.07) is 10.2. The summed E-state index contributed by atoms with van der Waals surface area (Å²) >= 11 is 0. The first kappa shape index (κ1) is 15.3. The lowest BCUT2D eigenvalue weighted by Crippen LogP contribution is -2.40. The number of fused-ring (bicyclic) bond motifs is 1. The normalized spacial score (nSPS) is 23.4. The molecule has 2 aromatic rings. The molecule has 24 heavy (non-hydrogen) atoms. The maximum Gasteiger partial charge on any atom is 0.228 e. The second-order valence-electron chi connectivity index (χ2n) is 6.75. The van der Waals surface area contributed by atoms with Crippen molar-refractivity contribution in [1.82, 2.24) is 19.8 Å². The van der Waals surface area contributed by atoms with Crippen LogP contribution in [0.15, 0.2) is 48.9 Å². The molecule has 2 aliphatic heterocycles. The topological polar surface area (TPSA) is 49.3 Å². The standard InChI is InChI=1S/C19H22N4O/c24-19(11-17-3-1-2-7-21-17)23-10-6-16-13-22(14-18(16)23)12-15-4-8-20-9-5-15/h1-5,7-9,16,18H,6,10-14H2. The number of carbonyl (C=O) groups excluding carboxylic acids is 1. The highest BCUT2D eigenvalue weighted by atomic mass is 16.2. The minimum absolute atomic E-state index is 0.215. The minimum atomic E-state index is 0.215. The zero-order valence-corrected chi connectivity index (χ0v) is 13.7. The van der Waals surface area contributed by atoms with E-state index < -0.39 is 0 Å². The number of amides is 1. The Kier molecular flexibility index (Phi) is 4.26. The number of nitrogens with zero attached hydrogens (tertiary/aromatic N) is 4.